The van der Waals surface area contributed by atoms with Crippen LogP contribution in [-0.2, 0) is 9.59 Å². The first-order valence-electron chi connectivity index (χ1n) is 7.88. The van der Waals surface area contributed by atoms with Crippen LogP contribution in [0.2, 0.25) is 5.02 Å². The van der Waals surface area contributed by atoms with Crippen molar-refractivity contribution in [2.24, 2.45) is 11.3 Å². The van der Waals surface area contributed by atoms with Gasteiger partial charge in [0.1, 0.15) is 5.75 Å². The molecule has 1 N–H and O–H groups in total. The number of ketones is 2. The highest BCUT2D eigenvalue weighted by atomic mass is 35.5. The first-order valence-corrected chi connectivity index (χ1v) is 8.26. The summed E-state index contributed by atoms with van der Waals surface area (Å²) in [5.74, 6) is -0.772. The number of fused-ring (bicyclic) bond motifs is 1. The summed E-state index contributed by atoms with van der Waals surface area (Å²) in [6, 6.07) is 4.72. The van der Waals surface area contributed by atoms with Crippen LogP contribution in [0.4, 0.5) is 0 Å². The van der Waals surface area contributed by atoms with Crippen LogP contribution in [-0.4, -0.2) is 16.7 Å². The molecule has 0 spiro atoms. The molecule has 124 valence electrons. The average molecular weight is 343 g/mol. The first kappa shape index (κ1) is 16.7. The fourth-order valence-corrected chi connectivity index (χ4v) is 4.29. The Kier molecular flexibility index (Phi) is 4.00. The van der Waals surface area contributed by atoms with Gasteiger partial charge in [0.05, 0.1) is 5.41 Å². The molecule has 3 rings (SSSR count). The molecular weight excluding hydrogens is 324 g/mol. The van der Waals surface area contributed by atoms with Crippen LogP contribution >= 0.6 is 11.6 Å². The Morgan fingerprint density at radius 2 is 2.08 bits per heavy atom. The highest BCUT2D eigenvalue weighted by molar-refractivity contribution is 6.31. The van der Waals surface area contributed by atoms with Gasteiger partial charge in [-0.3, -0.25) is 9.59 Å². The number of rotatable bonds is 2. The van der Waals surface area contributed by atoms with Gasteiger partial charge in [-0.2, -0.15) is 0 Å². The number of carbonyl (C=O) groups is 2. The van der Waals surface area contributed by atoms with Crippen molar-refractivity contribution in [3.63, 3.8) is 0 Å². The van der Waals surface area contributed by atoms with Crippen molar-refractivity contribution in [3.8, 4) is 5.75 Å². The van der Waals surface area contributed by atoms with E-state index in [0.717, 1.165) is 11.1 Å². The predicted molar refractivity (Wildman–Crippen MR) is 94.1 cm³/mol. The summed E-state index contributed by atoms with van der Waals surface area (Å²) in [4.78, 5) is 25.6. The standard InChI is InChI=1S/C20H19ClO3/c1-4-12-5-8-15-19(24)11(2)9-17(23)20(15,3)18(12)14-7-6-13(22)10-16(14)21/h4-7,9-10,15,18,22H,1,8H2,2-3H3. The van der Waals surface area contributed by atoms with Gasteiger partial charge in [0, 0.05) is 16.9 Å². The van der Waals surface area contributed by atoms with Crippen molar-refractivity contribution >= 4 is 23.2 Å². The third-order valence-corrected chi connectivity index (χ3v) is 5.69. The van der Waals surface area contributed by atoms with Gasteiger partial charge in [0.15, 0.2) is 11.6 Å². The molecular formula is C20H19ClO3. The molecule has 0 aromatic heterocycles. The van der Waals surface area contributed by atoms with Crippen LogP contribution in [0.1, 0.15) is 31.7 Å². The monoisotopic (exact) mass is 342 g/mol. The molecule has 24 heavy (non-hydrogen) atoms. The SMILES string of the molecule is C=CC1=CCC2C(=O)C(C)=CC(=O)C2(C)C1c1ccc(O)cc1Cl. The van der Waals surface area contributed by atoms with Crippen LogP contribution < -0.4 is 0 Å². The molecule has 0 heterocycles. The maximum Gasteiger partial charge on any atom is 0.163 e. The molecule has 0 fully saturated rings. The van der Waals surface area contributed by atoms with E-state index in [4.69, 9.17) is 11.6 Å². The minimum absolute atomic E-state index is 0.0105. The Labute approximate surface area is 146 Å². The quantitative estimate of drug-likeness (QED) is 0.868. The number of phenols is 1. The molecule has 0 saturated heterocycles. The second kappa shape index (κ2) is 5.75. The topological polar surface area (TPSA) is 54.4 Å². The van der Waals surface area contributed by atoms with Gasteiger partial charge in [-0.05, 0) is 48.3 Å². The van der Waals surface area contributed by atoms with Crippen LogP contribution in [0, 0.1) is 11.3 Å². The fraction of sp³-hybridized carbons (Fsp3) is 0.300. The lowest BCUT2D eigenvalue weighted by Crippen LogP contribution is -2.49. The normalized spacial score (nSPS) is 29.6. The van der Waals surface area contributed by atoms with Crippen molar-refractivity contribution < 1.29 is 14.7 Å². The molecule has 1 aromatic carbocycles. The zero-order valence-corrected chi connectivity index (χ0v) is 14.4. The Morgan fingerprint density at radius 1 is 1.38 bits per heavy atom. The summed E-state index contributed by atoms with van der Waals surface area (Å²) in [5, 5.41) is 10.0. The van der Waals surface area contributed by atoms with Crippen molar-refractivity contribution in [1.29, 1.82) is 0 Å². The van der Waals surface area contributed by atoms with Crippen molar-refractivity contribution in [2.75, 3.05) is 0 Å². The van der Waals surface area contributed by atoms with Crippen LogP contribution in [0.5, 0.6) is 5.75 Å². The first-order chi connectivity index (χ1) is 11.3. The minimum Gasteiger partial charge on any atom is -0.508 e. The Balaban J connectivity index is 2.26. The lowest BCUT2D eigenvalue weighted by Gasteiger charge is -2.47. The Hall–Kier alpha value is -2.13. The number of phenolic OH excluding ortho intramolecular Hbond substituents is 1. The van der Waals surface area contributed by atoms with Gasteiger partial charge in [-0.15, -0.1) is 0 Å². The van der Waals surface area contributed by atoms with Gasteiger partial charge in [-0.1, -0.05) is 43.3 Å². The second-order valence-electron chi connectivity index (χ2n) is 6.67. The van der Waals surface area contributed by atoms with Gasteiger partial charge in [-0.25, -0.2) is 0 Å². The van der Waals surface area contributed by atoms with Crippen molar-refractivity contribution in [3.05, 3.63) is 64.7 Å². The van der Waals surface area contributed by atoms with Crippen LogP contribution in [0.3, 0.4) is 0 Å². The van der Waals surface area contributed by atoms with Gasteiger partial charge < -0.3 is 5.11 Å². The molecule has 1 aromatic rings. The zero-order chi connectivity index (χ0) is 17.6. The number of halogens is 1. The van der Waals surface area contributed by atoms with Crippen LogP contribution in [0.25, 0.3) is 0 Å². The number of hydrogen-bond acceptors (Lipinski definition) is 3. The molecule has 3 unspecified atom stereocenters. The lowest BCUT2D eigenvalue weighted by atomic mass is 9.53. The Morgan fingerprint density at radius 3 is 2.71 bits per heavy atom. The summed E-state index contributed by atoms with van der Waals surface area (Å²) in [5.41, 5.74) is 1.21. The molecule has 0 saturated carbocycles. The minimum atomic E-state index is -0.907. The molecule has 4 heteroatoms. The number of hydrogen-bond donors (Lipinski definition) is 1. The third kappa shape index (κ3) is 2.27. The maximum absolute atomic E-state index is 12.9. The largest absolute Gasteiger partial charge is 0.508 e. The number of carbonyl (C=O) groups excluding carboxylic acids is 2. The fourth-order valence-electron chi connectivity index (χ4n) is 4.01. The van der Waals surface area contributed by atoms with E-state index < -0.39 is 11.3 Å². The average Bonchev–Trinajstić information content (AvgIpc) is 2.53. The second-order valence-corrected chi connectivity index (χ2v) is 7.08. The molecule has 3 nitrogen and oxygen atoms in total. The number of Topliss-reactive ketones (excluding diaryl/α,β-unsaturated/α-hetero) is 1. The predicted octanol–water partition coefficient (Wildman–Crippen LogP) is 4.37. The van der Waals surface area contributed by atoms with E-state index in [1.807, 2.05) is 13.0 Å². The number of benzene rings is 1. The van der Waals surface area contributed by atoms with E-state index >= 15 is 0 Å². The lowest BCUT2D eigenvalue weighted by molar-refractivity contribution is -0.137. The highest BCUT2D eigenvalue weighted by Gasteiger charge is 2.54. The van der Waals surface area contributed by atoms with Gasteiger partial charge in [0.2, 0.25) is 0 Å². The molecule has 0 bridgehead atoms. The summed E-state index contributed by atoms with van der Waals surface area (Å²) >= 11 is 6.36. The number of aromatic hydroxyl groups is 1. The van der Waals surface area contributed by atoms with E-state index in [0.29, 0.717) is 17.0 Å². The van der Waals surface area contributed by atoms with Crippen molar-refractivity contribution in [1.82, 2.24) is 0 Å². The van der Waals surface area contributed by atoms with Crippen LogP contribution in [0.15, 0.2) is 54.2 Å². The van der Waals surface area contributed by atoms with E-state index in [-0.39, 0.29) is 23.2 Å². The summed E-state index contributed by atoms with van der Waals surface area (Å²) in [6.45, 7) is 7.39. The molecule has 2 aliphatic carbocycles. The molecule has 0 radical (unpaired) electrons. The highest BCUT2D eigenvalue weighted by Crippen LogP contribution is 2.55. The van der Waals surface area contributed by atoms with E-state index in [9.17, 15) is 14.7 Å². The molecule has 0 amide bonds. The molecule has 2 aliphatic rings. The smallest absolute Gasteiger partial charge is 0.163 e. The van der Waals surface area contributed by atoms with Crippen molar-refractivity contribution in [2.45, 2.75) is 26.2 Å². The Bertz CT molecular complexity index is 818. The third-order valence-electron chi connectivity index (χ3n) is 5.36. The van der Waals surface area contributed by atoms with E-state index in [2.05, 4.69) is 6.58 Å². The molecule has 0 aliphatic heterocycles. The van der Waals surface area contributed by atoms with E-state index in [1.54, 1.807) is 25.1 Å². The summed E-state index contributed by atoms with van der Waals surface area (Å²) in [6.07, 6.45) is 5.65. The number of allylic oxidation sites excluding steroid dienone is 5. The van der Waals surface area contributed by atoms with E-state index in [1.165, 1.54) is 12.1 Å². The zero-order valence-electron chi connectivity index (χ0n) is 13.7. The van der Waals surface area contributed by atoms with Gasteiger partial charge in [0.25, 0.3) is 0 Å². The summed E-state index contributed by atoms with van der Waals surface area (Å²) in [7, 11) is 0. The summed E-state index contributed by atoms with van der Waals surface area (Å²) < 4.78 is 0. The maximum atomic E-state index is 12.9. The molecule has 3 atom stereocenters. The van der Waals surface area contributed by atoms with Gasteiger partial charge >= 0.3 is 0 Å².